The number of hydrogen-bond donors (Lipinski definition) is 2. The van der Waals surface area contributed by atoms with Crippen LogP contribution >= 0.6 is 0 Å². The van der Waals surface area contributed by atoms with Crippen LogP contribution in [0, 0.1) is 6.92 Å². The second kappa shape index (κ2) is 6.40. The summed E-state index contributed by atoms with van der Waals surface area (Å²) in [7, 11) is 0. The third kappa shape index (κ3) is 4.57. The van der Waals surface area contributed by atoms with E-state index < -0.39 is 0 Å². The Labute approximate surface area is 104 Å². The summed E-state index contributed by atoms with van der Waals surface area (Å²) in [4.78, 5) is 4.18. The third-order valence-electron chi connectivity index (χ3n) is 2.63. The SMILES string of the molecule is CC(=CCCNC(C)C)c1cc(C)cnc1N. The lowest BCUT2D eigenvalue weighted by Crippen LogP contribution is -2.23. The van der Waals surface area contributed by atoms with Gasteiger partial charge in [0.15, 0.2) is 0 Å². The summed E-state index contributed by atoms with van der Waals surface area (Å²) in [5, 5.41) is 3.39. The summed E-state index contributed by atoms with van der Waals surface area (Å²) in [6.45, 7) is 9.41. The number of nitrogens with zero attached hydrogens (tertiary/aromatic N) is 1. The first-order chi connectivity index (χ1) is 8.00. The van der Waals surface area contributed by atoms with Gasteiger partial charge in [0.25, 0.3) is 0 Å². The van der Waals surface area contributed by atoms with Gasteiger partial charge in [-0.1, -0.05) is 19.9 Å². The van der Waals surface area contributed by atoms with Crippen molar-refractivity contribution < 1.29 is 0 Å². The Kier molecular flexibility index (Phi) is 5.16. The molecule has 17 heavy (non-hydrogen) atoms. The van der Waals surface area contributed by atoms with E-state index in [4.69, 9.17) is 5.73 Å². The Morgan fingerprint density at radius 1 is 1.53 bits per heavy atom. The van der Waals surface area contributed by atoms with E-state index in [9.17, 15) is 0 Å². The minimum absolute atomic E-state index is 0.536. The molecule has 0 saturated carbocycles. The molecule has 0 fully saturated rings. The summed E-state index contributed by atoms with van der Waals surface area (Å²) in [6, 6.07) is 2.62. The smallest absolute Gasteiger partial charge is 0.130 e. The van der Waals surface area contributed by atoms with E-state index in [1.54, 1.807) is 6.20 Å². The topological polar surface area (TPSA) is 50.9 Å². The van der Waals surface area contributed by atoms with E-state index >= 15 is 0 Å². The zero-order valence-corrected chi connectivity index (χ0v) is 11.2. The van der Waals surface area contributed by atoms with Crippen LogP contribution < -0.4 is 11.1 Å². The van der Waals surface area contributed by atoms with E-state index in [1.165, 1.54) is 5.57 Å². The van der Waals surface area contributed by atoms with Gasteiger partial charge in [0.2, 0.25) is 0 Å². The van der Waals surface area contributed by atoms with Crippen LogP contribution in [-0.2, 0) is 0 Å². The van der Waals surface area contributed by atoms with Crippen LogP contribution in [0.2, 0.25) is 0 Å². The number of nitrogen functional groups attached to an aromatic ring is 1. The fourth-order valence-electron chi connectivity index (χ4n) is 1.67. The van der Waals surface area contributed by atoms with Crippen LogP contribution in [0.4, 0.5) is 5.82 Å². The molecule has 0 bridgehead atoms. The Balaban J connectivity index is 2.65. The number of aromatic nitrogens is 1. The van der Waals surface area contributed by atoms with Crippen LogP contribution in [0.15, 0.2) is 18.3 Å². The number of aryl methyl sites for hydroxylation is 1. The lowest BCUT2D eigenvalue weighted by Gasteiger charge is -2.08. The Bertz CT molecular complexity index is 394. The molecule has 1 aromatic heterocycles. The van der Waals surface area contributed by atoms with Crippen LogP contribution in [0.25, 0.3) is 5.57 Å². The summed E-state index contributed by atoms with van der Waals surface area (Å²) < 4.78 is 0. The lowest BCUT2D eigenvalue weighted by molar-refractivity contribution is 0.595. The van der Waals surface area contributed by atoms with Crippen molar-refractivity contribution in [3.05, 3.63) is 29.5 Å². The Hall–Kier alpha value is -1.35. The number of allylic oxidation sites excluding steroid dienone is 1. The van der Waals surface area contributed by atoms with Crippen molar-refractivity contribution in [3.63, 3.8) is 0 Å². The molecule has 0 aliphatic rings. The molecular weight excluding hydrogens is 210 g/mol. The highest BCUT2D eigenvalue weighted by atomic mass is 14.9. The van der Waals surface area contributed by atoms with E-state index in [0.717, 1.165) is 24.1 Å². The molecule has 0 unspecified atom stereocenters. The van der Waals surface area contributed by atoms with E-state index in [1.807, 2.05) is 6.92 Å². The van der Waals surface area contributed by atoms with Crippen LogP contribution in [0.1, 0.15) is 38.3 Å². The molecule has 1 aromatic rings. The zero-order chi connectivity index (χ0) is 12.8. The van der Waals surface area contributed by atoms with Gasteiger partial charge in [-0.15, -0.1) is 0 Å². The van der Waals surface area contributed by atoms with Gasteiger partial charge in [0, 0.05) is 17.8 Å². The average Bonchev–Trinajstić information content (AvgIpc) is 2.27. The van der Waals surface area contributed by atoms with Crippen molar-refractivity contribution in [1.29, 1.82) is 0 Å². The summed E-state index contributed by atoms with van der Waals surface area (Å²) >= 11 is 0. The van der Waals surface area contributed by atoms with Crippen molar-refractivity contribution in [1.82, 2.24) is 10.3 Å². The number of nitrogens with one attached hydrogen (secondary N) is 1. The van der Waals surface area contributed by atoms with Crippen LogP contribution in [0.5, 0.6) is 0 Å². The standard InChI is InChI=1S/C14H23N3/c1-10(2)16-7-5-6-12(4)13-8-11(3)9-17-14(13)15/h6,8-10,16H,5,7H2,1-4H3,(H2,15,17). The molecular formula is C14H23N3. The van der Waals surface area contributed by atoms with Gasteiger partial charge in [-0.3, -0.25) is 0 Å². The zero-order valence-electron chi connectivity index (χ0n) is 11.2. The first-order valence-corrected chi connectivity index (χ1v) is 6.13. The predicted molar refractivity (Wildman–Crippen MR) is 74.8 cm³/mol. The highest BCUT2D eigenvalue weighted by Crippen LogP contribution is 2.20. The minimum atomic E-state index is 0.536. The van der Waals surface area contributed by atoms with E-state index in [0.29, 0.717) is 11.9 Å². The van der Waals surface area contributed by atoms with Gasteiger partial charge in [-0.25, -0.2) is 4.98 Å². The number of anilines is 1. The van der Waals surface area contributed by atoms with Gasteiger partial charge in [0.1, 0.15) is 5.82 Å². The fourth-order valence-corrected chi connectivity index (χ4v) is 1.67. The number of rotatable bonds is 5. The average molecular weight is 233 g/mol. The first-order valence-electron chi connectivity index (χ1n) is 6.13. The van der Waals surface area contributed by atoms with E-state index in [2.05, 4.69) is 43.2 Å². The fraction of sp³-hybridized carbons (Fsp3) is 0.500. The number of pyridine rings is 1. The van der Waals surface area contributed by atoms with Gasteiger partial charge < -0.3 is 11.1 Å². The van der Waals surface area contributed by atoms with Crippen molar-refractivity contribution in [2.45, 2.75) is 40.2 Å². The Morgan fingerprint density at radius 2 is 2.24 bits per heavy atom. The van der Waals surface area contributed by atoms with Gasteiger partial charge in [0.05, 0.1) is 0 Å². The molecule has 0 aliphatic carbocycles. The van der Waals surface area contributed by atoms with E-state index in [-0.39, 0.29) is 0 Å². The van der Waals surface area contributed by atoms with Gasteiger partial charge >= 0.3 is 0 Å². The molecule has 3 heteroatoms. The van der Waals surface area contributed by atoms with Gasteiger partial charge in [-0.2, -0.15) is 0 Å². The third-order valence-corrected chi connectivity index (χ3v) is 2.63. The van der Waals surface area contributed by atoms with Crippen molar-refractivity contribution in [2.24, 2.45) is 0 Å². The van der Waals surface area contributed by atoms with Crippen molar-refractivity contribution >= 4 is 11.4 Å². The lowest BCUT2D eigenvalue weighted by atomic mass is 10.1. The molecule has 3 N–H and O–H groups in total. The molecule has 94 valence electrons. The highest BCUT2D eigenvalue weighted by molar-refractivity contribution is 5.71. The molecule has 3 nitrogen and oxygen atoms in total. The van der Waals surface area contributed by atoms with Crippen molar-refractivity contribution in [3.8, 4) is 0 Å². The molecule has 0 atom stereocenters. The molecule has 0 spiro atoms. The highest BCUT2D eigenvalue weighted by Gasteiger charge is 2.02. The second-order valence-corrected chi connectivity index (χ2v) is 4.73. The molecule has 0 saturated heterocycles. The van der Waals surface area contributed by atoms with Crippen molar-refractivity contribution in [2.75, 3.05) is 12.3 Å². The molecule has 0 aromatic carbocycles. The molecule has 1 rings (SSSR count). The maximum atomic E-state index is 5.88. The van der Waals surface area contributed by atoms with Gasteiger partial charge in [-0.05, 0) is 44.0 Å². The summed E-state index contributed by atoms with van der Waals surface area (Å²) in [6.07, 6.45) is 5.02. The largest absolute Gasteiger partial charge is 0.383 e. The first kappa shape index (κ1) is 13.7. The monoisotopic (exact) mass is 233 g/mol. The maximum absolute atomic E-state index is 5.88. The molecule has 1 heterocycles. The maximum Gasteiger partial charge on any atom is 0.130 e. The second-order valence-electron chi connectivity index (χ2n) is 4.73. The quantitative estimate of drug-likeness (QED) is 0.769. The Morgan fingerprint density at radius 3 is 2.88 bits per heavy atom. The molecule has 0 radical (unpaired) electrons. The summed E-state index contributed by atoms with van der Waals surface area (Å²) in [5.74, 6) is 0.612. The minimum Gasteiger partial charge on any atom is -0.383 e. The van der Waals surface area contributed by atoms with Crippen LogP contribution in [-0.4, -0.2) is 17.6 Å². The predicted octanol–water partition coefficient (Wildman–Crippen LogP) is 2.76. The summed E-state index contributed by atoms with van der Waals surface area (Å²) in [5.41, 5.74) is 9.27. The number of hydrogen-bond acceptors (Lipinski definition) is 3. The number of nitrogens with two attached hydrogens (primary N) is 1. The normalized spacial score (nSPS) is 12.2. The van der Waals surface area contributed by atoms with Crippen LogP contribution in [0.3, 0.4) is 0 Å². The molecule has 0 aliphatic heterocycles. The molecule has 0 amide bonds.